The molecule has 0 unspecified atom stereocenters. The van der Waals surface area contributed by atoms with Crippen molar-refractivity contribution in [2.75, 3.05) is 6.61 Å². The molecule has 0 aromatic rings. The second-order valence-electron chi connectivity index (χ2n) is 3.74. The van der Waals surface area contributed by atoms with Crippen molar-refractivity contribution in [1.29, 1.82) is 0 Å². The van der Waals surface area contributed by atoms with Gasteiger partial charge in [-0.3, -0.25) is 14.4 Å². The molecule has 86 valence electrons. The Balaban J connectivity index is 2.55. The Morgan fingerprint density at radius 1 is 1.33 bits per heavy atom. The molecule has 2 N–H and O–H groups in total. The van der Waals surface area contributed by atoms with Crippen molar-refractivity contribution in [3.8, 4) is 0 Å². The third-order valence-electron chi connectivity index (χ3n) is 2.74. The van der Waals surface area contributed by atoms with Crippen LogP contribution in [0.4, 0.5) is 0 Å². The number of hydroxylamine groups is 1. The predicted octanol–water partition coefficient (Wildman–Crippen LogP) is 0.945. The maximum atomic E-state index is 11.6. The molecule has 0 bridgehead atoms. The summed E-state index contributed by atoms with van der Waals surface area (Å²) in [4.78, 5) is 27.3. The molecule has 1 fully saturated rings. The summed E-state index contributed by atoms with van der Waals surface area (Å²) in [6.45, 7) is 2.14. The predicted molar refractivity (Wildman–Crippen MR) is 52.9 cm³/mol. The number of hydrogen-bond donors (Lipinski definition) is 2. The molecule has 5 heteroatoms. The van der Waals surface area contributed by atoms with E-state index in [4.69, 9.17) is 9.94 Å². The van der Waals surface area contributed by atoms with Crippen LogP contribution in [0, 0.1) is 11.8 Å². The van der Waals surface area contributed by atoms with Gasteiger partial charge in [0.2, 0.25) is 5.91 Å². The van der Waals surface area contributed by atoms with Gasteiger partial charge in [-0.25, -0.2) is 5.48 Å². The molecule has 0 aromatic heterocycles. The lowest BCUT2D eigenvalue weighted by Crippen LogP contribution is -2.39. The number of carbonyl (C=O) groups is 2. The maximum Gasteiger partial charge on any atom is 0.307 e. The van der Waals surface area contributed by atoms with Gasteiger partial charge in [0.25, 0.3) is 0 Å². The van der Waals surface area contributed by atoms with Gasteiger partial charge in [0.1, 0.15) is 0 Å². The van der Waals surface area contributed by atoms with E-state index in [0.717, 1.165) is 12.8 Å². The molecule has 0 aliphatic heterocycles. The molecule has 0 heterocycles. The zero-order chi connectivity index (χ0) is 11.3. The summed E-state index contributed by atoms with van der Waals surface area (Å²) < 4.78 is 0. The first-order chi connectivity index (χ1) is 7.16. The number of nitrogens with one attached hydrogen (secondary N) is 1. The number of carboxylic acid groups (broad SMARTS) is 1. The number of amides is 1. The minimum absolute atomic E-state index is 0.302. The van der Waals surface area contributed by atoms with Crippen LogP contribution in [0.1, 0.15) is 32.6 Å². The molecule has 0 aromatic carbocycles. The normalized spacial score (nSPS) is 25.9. The first-order valence-corrected chi connectivity index (χ1v) is 5.31. The van der Waals surface area contributed by atoms with Crippen molar-refractivity contribution in [2.24, 2.45) is 11.8 Å². The van der Waals surface area contributed by atoms with Gasteiger partial charge in [-0.2, -0.15) is 0 Å². The van der Waals surface area contributed by atoms with Gasteiger partial charge in [-0.1, -0.05) is 12.8 Å². The minimum Gasteiger partial charge on any atom is -0.481 e. The van der Waals surface area contributed by atoms with E-state index in [0.29, 0.717) is 19.4 Å². The highest BCUT2D eigenvalue weighted by Crippen LogP contribution is 2.30. The van der Waals surface area contributed by atoms with Crippen LogP contribution in [-0.2, 0) is 14.4 Å². The summed E-state index contributed by atoms with van der Waals surface area (Å²) in [5.41, 5.74) is 2.28. The largest absolute Gasteiger partial charge is 0.481 e. The lowest BCUT2D eigenvalue weighted by Gasteiger charge is -2.26. The quantitative estimate of drug-likeness (QED) is 0.684. The number of hydrogen-bond acceptors (Lipinski definition) is 3. The minimum atomic E-state index is -0.883. The summed E-state index contributed by atoms with van der Waals surface area (Å²) in [5, 5.41) is 8.96. The lowest BCUT2D eigenvalue weighted by atomic mass is 9.79. The van der Waals surface area contributed by atoms with Crippen LogP contribution >= 0.6 is 0 Å². The Kier molecular flexibility index (Phi) is 4.55. The molecule has 1 rings (SSSR count). The van der Waals surface area contributed by atoms with Gasteiger partial charge in [-0.05, 0) is 19.8 Å². The van der Waals surface area contributed by atoms with Crippen LogP contribution in [0.25, 0.3) is 0 Å². The molecule has 2 atom stereocenters. The van der Waals surface area contributed by atoms with Gasteiger partial charge in [-0.15, -0.1) is 0 Å². The molecule has 1 amide bonds. The average Bonchev–Trinajstić information content (AvgIpc) is 2.25. The van der Waals surface area contributed by atoms with E-state index >= 15 is 0 Å². The summed E-state index contributed by atoms with van der Waals surface area (Å²) >= 11 is 0. The van der Waals surface area contributed by atoms with Crippen LogP contribution in [-0.4, -0.2) is 23.6 Å². The number of carboxylic acids is 1. The molecule has 0 saturated heterocycles. The van der Waals surface area contributed by atoms with Crippen molar-refractivity contribution in [2.45, 2.75) is 32.6 Å². The second-order valence-corrected chi connectivity index (χ2v) is 3.74. The molecular weight excluding hydrogens is 198 g/mol. The van der Waals surface area contributed by atoms with E-state index < -0.39 is 17.8 Å². The van der Waals surface area contributed by atoms with Gasteiger partial charge >= 0.3 is 5.97 Å². The third-order valence-corrected chi connectivity index (χ3v) is 2.74. The lowest BCUT2D eigenvalue weighted by molar-refractivity contribution is -0.152. The monoisotopic (exact) mass is 215 g/mol. The number of carbonyl (C=O) groups excluding carboxylic acids is 1. The summed E-state index contributed by atoms with van der Waals surface area (Å²) in [7, 11) is 0. The van der Waals surface area contributed by atoms with E-state index in [1.54, 1.807) is 6.92 Å². The second kappa shape index (κ2) is 5.70. The van der Waals surface area contributed by atoms with Crippen molar-refractivity contribution in [1.82, 2.24) is 5.48 Å². The first kappa shape index (κ1) is 12.0. The van der Waals surface area contributed by atoms with Gasteiger partial charge in [0.15, 0.2) is 0 Å². The van der Waals surface area contributed by atoms with E-state index in [1.165, 1.54) is 0 Å². The van der Waals surface area contributed by atoms with E-state index in [1.807, 2.05) is 0 Å². The van der Waals surface area contributed by atoms with Crippen molar-refractivity contribution >= 4 is 11.9 Å². The van der Waals surface area contributed by atoms with Crippen molar-refractivity contribution in [3.63, 3.8) is 0 Å². The fourth-order valence-corrected chi connectivity index (χ4v) is 1.96. The number of aliphatic carboxylic acids is 1. The summed E-state index contributed by atoms with van der Waals surface area (Å²) in [6.07, 6.45) is 3.01. The van der Waals surface area contributed by atoms with Gasteiger partial charge < -0.3 is 5.11 Å². The zero-order valence-corrected chi connectivity index (χ0v) is 8.86. The Morgan fingerprint density at radius 3 is 2.47 bits per heavy atom. The molecule has 1 saturated carbocycles. The molecule has 0 spiro atoms. The molecule has 5 nitrogen and oxygen atoms in total. The smallest absolute Gasteiger partial charge is 0.307 e. The highest BCUT2D eigenvalue weighted by atomic mass is 16.6. The molecule has 0 radical (unpaired) electrons. The summed E-state index contributed by atoms with van der Waals surface area (Å²) in [5.74, 6) is -2.18. The van der Waals surface area contributed by atoms with Crippen LogP contribution in [0.2, 0.25) is 0 Å². The fraction of sp³-hybridized carbons (Fsp3) is 0.800. The molecule has 1 aliphatic carbocycles. The Labute approximate surface area is 88.8 Å². The van der Waals surface area contributed by atoms with Crippen LogP contribution in [0.5, 0.6) is 0 Å². The Hall–Kier alpha value is -1.10. The van der Waals surface area contributed by atoms with Gasteiger partial charge in [0, 0.05) is 0 Å². The SMILES string of the molecule is CCONC(=O)[C@@H]1CCCC[C@@H]1C(=O)O. The Bertz CT molecular complexity index is 242. The maximum absolute atomic E-state index is 11.6. The highest BCUT2D eigenvalue weighted by molar-refractivity contribution is 5.84. The number of rotatable bonds is 4. The van der Waals surface area contributed by atoms with E-state index in [2.05, 4.69) is 5.48 Å². The van der Waals surface area contributed by atoms with Crippen molar-refractivity contribution < 1.29 is 19.5 Å². The highest BCUT2D eigenvalue weighted by Gasteiger charge is 2.35. The third kappa shape index (κ3) is 3.20. The standard InChI is InChI=1S/C10H17NO4/c1-2-15-11-9(12)7-5-3-4-6-8(7)10(13)14/h7-8H,2-6H2,1H3,(H,11,12)(H,13,14)/t7-,8+/m1/s1. The molecular formula is C10H17NO4. The van der Waals surface area contributed by atoms with E-state index in [-0.39, 0.29) is 5.91 Å². The molecule has 15 heavy (non-hydrogen) atoms. The molecule has 1 aliphatic rings. The van der Waals surface area contributed by atoms with Crippen LogP contribution in [0.15, 0.2) is 0 Å². The van der Waals surface area contributed by atoms with Crippen LogP contribution in [0.3, 0.4) is 0 Å². The summed E-state index contributed by atoms with van der Waals surface area (Å²) in [6, 6.07) is 0. The zero-order valence-electron chi connectivity index (χ0n) is 8.86. The van der Waals surface area contributed by atoms with Crippen LogP contribution < -0.4 is 5.48 Å². The van der Waals surface area contributed by atoms with Crippen molar-refractivity contribution in [3.05, 3.63) is 0 Å². The Morgan fingerprint density at radius 2 is 1.93 bits per heavy atom. The average molecular weight is 215 g/mol. The van der Waals surface area contributed by atoms with Gasteiger partial charge in [0.05, 0.1) is 18.4 Å². The first-order valence-electron chi connectivity index (χ1n) is 5.31. The topological polar surface area (TPSA) is 75.6 Å². The fourth-order valence-electron chi connectivity index (χ4n) is 1.96. The van der Waals surface area contributed by atoms with E-state index in [9.17, 15) is 9.59 Å².